The van der Waals surface area contributed by atoms with E-state index in [0.717, 1.165) is 23.6 Å². The van der Waals surface area contributed by atoms with Gasteiger partial charge in [-0.15, -0.1) is 12.4 Å². The van der Waals surface area contributed by atoms with Gasteiger partial charge in [0.1, 0.15) is 6.61 Å². The van der Waals surface area contributed by atoms with Crippen LogP contribution in [-0.2, 0) is 6.61 Å². The molecule has 0 radical (unpaired) electrons. The second-order valence-electron chi connectivity index (χ2n) is 5.33. The molecule has 0 bridgehead atoms. The monoisotopic (exact) mass is 319 g/mol. The summed E-state index contributed by atoms with van der Waals surface area (Å²) in [6, 6.07) is 16.8. The maximum absolute atomic E-state index is 5.96. The molecule has 4 heteroatoms. The minimum atomic E-state index is 0. The molecule has 1 fully saturated rings. The van der Waals surface area contributed by atoms with E-state index >= 15 is 0 Å². The molecule has 3 nitrogen and oxygen atoms in total. The standard InChI is InChI=1S/C18H21NO2.ClH/c1-20-17-10-9-15(16-8-5-11-19-16)12-18(17)21-13-14-6-3-2-4-7-14;/h2-4,6-7,9-10,12,16,19H,5,8,11,13H2,1H3;1H/t16-;/m0./s1. The molecule has 1 saturated heterocycles. The Balaban J connectivity index is 0.00000176. The van der Waals surface area contributed by atoms with Crippen LogP contribution in [0.3, 0.4) is 0 Å². The first-order chi connectivity index (χ1) is 10.4. The van der Waals surface area contributed by atoms with E-state index in [1.165, 1.54) is 18.4 Å². The summed E-state index contributed by atoms with van der Waals surface area (Å²) in [4.78, 5) is 0. The highest BCUT2D eigenvalue weighted by molar-refractivity contribution is 5.85. The lowest BCUT2D eigenvalue weighted by Crippen LogP contribution is -2.13. The third-order valence-corrected chi connectivity index (χ3v) is 3.89. The fourth-order valence-corrected chi connectivity index (χ4v) is 2.73. The quantitative estimate of drug-likeness (QED) is 0.899. The molecule has 0 amide bonds. The first kappa shape index (κ1) is 16.7. The summed E-state index contributed by atoms with van der Waals surface area (Å²) in [5.74, 6) is 1.60. The van der Waals surface area contributed by atoms with Crippen molar-refractivity contribution >= 4 is 12.4 Å². The van der Waals surface area contributed by atoms with Crippen molar-refractivity contribution in [1.82, 2.24) is 5.32 Å². The zero-order valence-corrected chi connectivity index (χ0v) is 13.6. The molecule has 22 heavy (non-hydrogen) atoms. The molecule has 0 spiro atoms. The van der Waals surface area contributed by atoms with Crippen LogP contribution in [0, 0.1) is 0 Å². The molecule has 0 unspecified atom stereocenters. The molecule has 1 heterocycles. The van der Waals surface area contributed by atoms with Crippen LogP contribution >= 0.6 is 12.4 Å². The van der Waals surface area contributed by atoms with Gasteiger partial charge >= 0.3 is 0 Å². The van der Waals surface area contributed by atoms with Gasteiger partial charge in [-0.2, -0.15) is 0 Å². The van der Waals surface area contributed by atoms with Gasteiger partial charge in [0.05, 0.1) is 7.11 Å². The molecule has 2 aromatic carbocycles. The Morgan fingerprint density at radius 3 is 2.59 bits per heavy atom. The van der Waals surface area contributed by atoms with Crippen molar-refractivity contribution in [2.45, 2.75) is 25.5 Å². The van der Waals surface area contributed by atoms with Gasteiger partial charge in [-0.1, -0.05) is 36.4 Å². The van der Waals surface area contributed by atoms with Crippen molar-refractivity contribution in [3.8, 4) is 11.5 Å². The number of benzene rings is 2. The van der Waals surface area contributed by atoms with Crippen molar-refractivity contribution < 1.29 is 9.47 Å². The number of methoxy groups -OCH3 is 1. The van der Waals surface area contributed by atoms with E-state index in [4.69, 9.17) is 9.47 Å². The van der Waals surface area contributed by atoms with Crippen LogP contribution in [-0.4, -0.2) is 13.7 Å². The molecule has 1 aliphatic heterocycles. The number of rotatable bonds is 5. The summed E-state index contributed by atoms with van der Waals surface area (Å²) < 4.78 is 11.4. The van der Waals surface area contributed by atoms with E-state index in [1.54, 1.807) is 7.11 Å². The summed E-state index contributed by atoms with van der Waals surface area (Å²) in [7, 11) is 1.68. The second kappa shape index (κ2) is 8.06. The Labute approximate surface area is 138 Å². The summed E-state index contributed by atoms with van der Waals surface area (Å²) in [5.41, 5.74) is 2.43. The molecular formula is C18H22ClNO2. The number of nitrogens with one attached hydrogen (secondary N) is 1. The van der Waals surface area contributed by atoms with E-state index in [0.29, 0.717) is 12.6 Å². The molecule has 0 aliphatic carbocycles. The average Bonchev–Trinajstić information content (AvgIpc) is 3.08. The fraction of sp³-hybridized carbons (Fsp3) is 0.333. The number of ether oxygens (including phenoxy) is 2. The highest BCUT2D eigenvalue weighted by Crippen LogP contribution is 2.33. The zero-order valence-electron chi connectivity index (χ0n) is 12.7. The van der Waals surface area contributed by atoms with Gasteiger partial charge in [-0.25, -0.2) is 0 Å². The van der Waals surface area contributed by atoms with Crippen LogP contribution < -0.4 is 14.8 Å². The van der Waals surface area contributed by atoms with Crippen molar-refractivity contribution in [3.63, 3.8) is 0 Å². The van der Waals surface area contributed by atoms with Crippen LogP contribution in [0.2, 0.25) is 0 Å². The first-order valence-electron chi connectivity index (χ1n) is 7.45. The Kier molecular flexibility index (Phi) is 6.10. The highest BCUT2D eigenvalue weighted by Gasteiger charge is 2.18. The first-order valence-corrected chi connectivity index (χ1v) is 7.45. The molecule has 0 aromatic heterocycles. The third-order valence-electron chi connectivity index (χ3n) is 3.89. The molecule has 0 saturated carbocycles. The van der Waals surface area contributed by atoms with Gasteiger partial charge in [-0.05, 0) is 42.6 Å². The lowest BCUT2D eigenvalue weighted by molar-refractivity contribution is 0.284. The SMILES string of the molecule is COc1ccc([C@@H]2CCCN2)cc1OCc1ccccc1.Cl. The normalized spacial score (nSPS) is 16.9. The molecule has 3 rings (SSSR count). The summed E-state index contributed by atoms with van der Waals surface area (Å²) in [6.45, 7) is 1.65. The Morgan fingerprint density at radius 1 is 1.09 bits per heavy atom. The summed E-state index contributed by atoms with van der Waals surface area (Å²) in [5, 5.41) is 3.51. The van der Waals surface area contributed by atoms with Gasteiger partial charge in [0.2, 0.25) is 0 Å². The zero-order chi connectivity index (χ0) is 14.5. The van der Waals surface area contributed by atoms with Gasteiger partial charge < -0.3 is 14.8 Å². The lowest BCUT2D eigenvalue weighted by Gasteiger charge is -2.15. The minimum absolute atomic E-state index is 0. The molecule has 1 N–H and O–H groups in total. The van der Waals surface area contributed by atoms with Crippen LogP contribution in [0.4, 0.5) is 0 Å². The fourth-order valence-electron chi connectivity index (χ4n) is 2.73. The van der Waals surface area contributed by atoms with E-state index in [2.05, 4.69) is 29.6 Å². The van der Waals surface area contributed by atoms with Crippen molar-refractivity contribution in [3.05, 3.63) is 59.7 Å². The molecule has 1 aliphatic rings. The molecule has 2 aromatic rings. The molecule has 118 valence electrons. The smallest absolute Gasteiger partial charge is 0.161 e. The number of hydrogen-bond donors (Lipinski definition) is 1. The molecule has 1 atom stereocenters. The third kappa shape index (κ3) is 3.93. The largest absolute Gasteiger partial charge is 0.493 e. The highest BCUT2D eigenvalue weighted by atomic mass is 35.5. The second-order valence-corrected chi connectivity index (χ2v) is 5.33. The van der Waals surface area contributed by atoms with Gasteiger partial charge in [0, 0.05) is 6.04 Å². The predicted octanol–water partition coefficient (Wildman–Crippen LogP) is 4.12. The minimum Gasteiger partial charge on any atom is -0.493 e. The van der Waals surface area contributed by atoms with Gasteiger partial charge in [0.25, 0.3) is 0 Å². The average molecular weight is 320 g/mol. The summed E-state index contributed by atoms with van der Waals surface area (Å²) in [6.07, 6.45) is 2.42. The molecular weight excluding hydrogens is 298 g/mol. The van der Waals surface area contributed by atoms with Crippen LogP contribution in [0.15, 0.2) is 48.5 Å². The Hall–Kier alpha value is -1.71. The number of hydrogen-bond acceptors (Lipinski definition) is 3. The van der Waals surface area contributed by atoms with E-state index < -0.39 is 0 Å². The van der Waals surface area contributed by atoms with Gasteiger partial charge in [0.15, 0.2) is 11.5 Å². The maximum atomic E-state index is 5.96. The van der Waals surface area contributed by atoms with E-state index in [1.807, 2.05) is 24.3 Å². The van der Waals surface area contributed by atoms with Crippen molar-refractivity contribution in [1.29, 1.82) is 0 Å². The van der Waals surface area contributed by atoms with Crippen molar-refractivity contribution in [2.75, 3.05) is 13.7 Å². The topological polar surface area (TPSA) is 30.5 Å². The van der Waals surface area contributed by atoms with Crippen molar-refractivity contribution in [2.24, 2.45) is 0 Å². The van der Waals surface area contributed by atoms with Crippen LogP contribution in [0.5, 0.6) is 11.5 Å². The van der Waals surface area contributed by atoms with Crippen LogP contribution in [0.1, 0.15) is 30.0 Å². The lowest BCUT2D eigenvalue weighted by atomic mass is 10.0. The van der Waals surface area contributed by atoms with Gasteiger partial charge in [-0.3, -0.25) is 0 Å². The Bertz CT molecular complexity index is 583. The van der Waals surface area contributed by atoms with E-state index in [-0.39, 0.29) is 12.4 Å². The van der Waals surface area contributed by atoms with E-state index in [9.17, 15) is 0 Å². The van der Waals surface area contributed by atoms with Crippen LogP contribution in [0.25, 0.3) is 0 Å². The Morgan fingerprint density at radius 2 is 1.91 bits per heavy atom. The number of halogens is 1. The maximum Gasteiger partial charge on any atom is 0.161 e. The summed E-state index contributed by atoms with van der Waals surface area (Å²) >= 11 is 0. The predicted molar refractivity (Wildman–Crippen MR) is 91.0 cm³/mol.